The lowest BCUT2D eigenvalue weighted by Gasteiger charge is -2.25. The molecule has 2 atom stereocenters. The van der Waals surface area contributed by atoms with Gasteiger partial charge in [0, 0.05) is 17.6 Å². The van der Waals surface area contributed by atoms with Crippen molar-refractivity contribution in [3.05, 3.63) is 34.3 Å². The molecule has 0 radical (unpaired) electrons. The van der Waals surface area contributed by atoms with E-state index in [9.17, 15) is 4.79 Å². The van der Waals surface area contributed by atoms with Crippen LogP contribution in [0, 0.1) is 0 Å². The fourth-order valence-electron chi connectivity index (χ4n) is 1.74. The number of halogens is 1. The van der Waals surface area contributed by atoms with Crippen LogP contribution in [0.1, 0.15) is 25.8 Å². The number of nitrogens with one attached hydrogen (secondary N) is 1. The second-order valence-electron chi connectivity index (χ2n) is 5.16. The van der Waals surface area contributed by atoms with Crippen molar-refractivity contribution in [1.29, 1.82) is 0 Å². The molecule has 2 amide bonds. The van der Waals surface area contributed by atoms with E-state index in [4.69, 9.17) is 5.11 Å². The molecule has 0 saturated heterocycles. The molecule has 0 aliphatic heterocycles. The Kier molecular flexibility index (Phi) is 7.02. The summed E-state index contributed by atoms with van der Waals surface area (Å²) < 4.78 is 1.07. The average molecular weight is 343 g/mol. The molecule has 0 aliphatic carbocycles. The molecule has 112 valence electrons. The second-order valence-corrected chi connectivity index (χ2v) is 6.07. The Bertz CT molecular complexity index is 422. The van der Waals surface area contributed by atoms with Gasteiger partial charge in [0.05, 0.1) is 12.6 Å². The van der Waals surface area contributed by atoms with Gasteiger partial charge in [0.25, 0.3) is 0 Å². The summed E-state index contributed by atoms with van der Waals surface area (Å²) in [7, 11) is 1.69. The number of benzene rings is 1. The molecule has 0 saturated carbocycles. The van der Waals surface area contributed by atoms with Crippen LogP contribution in [0.3, 0.4) is 0 Å². The van der Waals surface area contributed by atoms with Crippen molar-refractivity contribution in [2.24, 2.45) is 0 Å². The number of amides is 2. The lowest BCUT2D eigenvalue weighted by molar-refractivity contribution is 0.155. The number of carbonyl (C=O) groups is 1. The van der Waals surface area contributed by atoms with Crippen LogP contribution in [0.5, 0.6) is 0 Å². The first-order chi connectivity index (χ1) is 9.43. The zero-order valence-electron chi connectivity index (χ0n) is 12.3. The van der Waals surface area contributed by atoms with Crippen molar-refractivity contribution >= 4 is 22.0 Å². The number of aryl methyl sites for hydroxylation is 1. The highest BCUT2D eigenvalue weighted by molar-refractivity contribution is 9.10. The number of hydrogen-bond acceptors (Lipinski definition) is 2. The minimum atomic E-state index is -0.173. The maximum Gasteiger partial charge on any atom is 0.317 e. The van der Waals surface area contributed by atoms with Crippen LogP contribution in [0.15, 0.2) is 28.7 Å². The molecule has 0 fully saturated rings. The summed E-state index contributed by atoms with van der Waals surface area (Å²) in [4.78, 5) is 13.4. The second kappa shape index (κ2) is 8.27. The summed E-state index contributed by atoms with van der Waals surface area (Å²) in [6.45, 7) is 3.78. The van der Waals surface area contributed by atoms with E-state index in [0.29, 0.717) is 0 Å². The van der Waals surface area contributed by atoms with Crippen molar-refractivity contribution in [1.82, 2.24) is 10.2 Å². The Morgan fingerprint density at radius 3 is 2.50 bits per heavy atom. The van der Waals surface area contributed by atoms with Gasteiger partial charge in [0.1, 0.15) is 0 Å². The van der Waals surface area contributed by atoms with Gasteiger partial charge in [-0.15, -0.1) is 0 Å². The molecule has 1 aromatic carbocycles. The van der Waals surface area contributed by atoms with Gasteiger partial charge in [0.15, 0.2) is 0 Å². The molecule has 0 heterocycles. The van der Waals surface area contributed by atoms with Crippen LogP contribution in [0.25, 0.3) is 0 Å². The zero-order chi connectivity index (χ0) is 15.1. The number of hydrogen-bond donors (Lipinski definition) is 2. The third kappa shape index (κ3) is 5.51. The molecule has 1 rings (SSSR count). The fraction of sp³-hybridized carbons (Fsp3) is 0.533. The molecule has 0 aliphatic rings. The zero-order valence-corrected chi connectivity index (χ0v) is 13.9. The number of aliphatic hydroxyl groups excluding tert-OH is 1. The van der Waals surface area contributed by atoms with Crippen molar-refractivity contribution in [3.8, 4) is 0 Å². The third-order valence-corrected chi connectivity index (χ3v) is 3.92. The van der Waals surface area contributed by atoms with Gasteiger partial charge in [-0.2, -0.15) is 0 Å². The smallest absolute Gasteiger partial charge is 0.317 e. The summed E-state index contributed by atoms with van der Waals surface area (Å²) in [6, 6.07) is 7.99. The van der Waals surface area contributed by atoms with E-state index in [1.165, 1.54) is 10.5 Å². The maximum absolute atomic E-state index is 11.9. The van der Waals surface area contributed by atoms with Gasteiger partial charge in [-0.1, -0.05) is 28.1 Å². The first-order valence-electron chi connectivity index (χ1n) is 6.82. The van der Waals surface area contributed by atoms with E-state index < -0.39 is 0 Å². The van der Waals surface area contributed by atoms with E-state index in [-0.39, 0.29) is 24.7 Å². The van der Waals surface area contributed by atoms with Crippen molar-refractivity contribution in [2.45, 2.75) is 38.8 Å². The summed E-state index contributed by atoms with van der Waals surface area (Å²) >= 11 is 3.41. The lowest BCUT2D eigenvalue weighted by Crippen LogP contribution is -2.46. The largest absolute Gasteiger partial charge is 0.394 e. The molecule has 1 aromatic rings. The van der Waals surface area contributed by atoms with E-state index in [0.717, 1.165) is 17.3 Å². The standard InChI is InChI=1S/C15H23BrN2O2/c1-11(17-15(20)18(3)12(2)10-19)4-5-13-6-8-14(16)9-7-13/h6-9,11-12,19H,4-5,10H2,1-3H3,(H,17,20)/t11-,12+/m0/s1. The van der Waals surface area contributed by atoms with Gasteiger partial charge < -0.3 is 15.3 Å². The molecule has 4 nitrogen and oxygen atoms in total. The Balaban J connectivity index is 2.38. The molecule has 20 heavy (non-hydrogen) atoms. The monoisotopic (exact) mass is 342 g/mol. The lowest BCUT2D eigenvalue weighted by atomic mass is 10.1. The predicted molar refractivity (Wildman–Crippen MR) is 84.8 cm³/mol. The Morgan fingerprint density at radius 2 is 1.95 bits per heavy atom. The van der Waals surface area contributed by atoms with Crippen LogP contribution >= 0.6 is 15.9 Å². The molecule has 0 unspecified atom stereocenters. The van der Waals surface area contributed by atoms with Gasteiger partial charge in [-0.25, -0.2) is 4.79 Å². The highest BCUT2D eigenvalue weighted by atomic mass is 79.9. The summed E-state index contributed by atoms with van der Waals surface area (Å²) in [5.41, 5.74) is 1.26. The average Bonchev–Trinajstić information content (AvgIpc) is 2.44. The quantitative estimate of drug-likeness (QED) is 0.835. The fourth-order valence-corrected chi connectivity index (χ4v) is 2.01. The number of likely N-dealkylation sites (N-methyl/N-ethyl adjacent to an activating group) is 1. The number of carbonyl (C=O) groups excluding carboxylic acids is 1. The molecular formula is C15H23BrN2O2. The number of urea groups is 1. The van der Waals surface area contributed by atoms with Crippen LogP contribution in [0.2, 0.25) is 0 Å². The van der Waals surface area contributed by atoms with Crippen molar-refractivity contribution < 1.29 is 9.90 Å². The Labute approximate surface area is 129 Å². The van der Waals surface area contributed by atoms with Gasteiger partial charge >= 0.3 is 6.03 Å². The topological polar surface area (TPSA) is 52.6 Å². The first-order valence-corrected chi connectivity index (χ1v) is 7.62. The molecule has 5 heteroatoms. The molecule has 2 N–H and O–H groups in total. The van der Waals surface area contributed by atoms with Crippen LogP contribution in [-0.2, 0) is 6.42 Å². The Hall–Kier alpha value is -1.07. The number of aliphatic hydroxyl groups is 1. The van der Waals surface area contributed by atoms with Crippen molar-refractivity contribution in [3.63, 3.8) is 0 Å². The van der Waals surface area contributed by atoms with Crippen LogP contribution in [0.4, 0.5) is 4.79 Å². The van der Waals surface area contributed by atoms with Gasteiger partial charge in [0.2, 0.25) is 0 Å². The highest BCUT2D eigenvalue weighted by Crippen LogP contribution is 2.12. The van der Waals surface area contributed by atoms with Gasteiger partial charge in [-0.3, -0.25) is 0 Å². The predicted octanol–water partition coefficient (Wildman–Crippen LogP) is 2.79. The highest BCUT2D eigenvalue weighted by Gasteiger charge is 2.16. The van der Waals surface area contributed by atoms with Crippen LogP contribution < -0.4 is 5.32 Å². The molecule has 0 bridgehead atoms. The number of nitrogens with zero attached hydrogens (tertiary/aromatic N) is 1. The summed E-state index contributed by atoms with van der Waals surface area (Å²) in [6.07, 6.45) is 1.81. The minimum absolute atomic E-state index is 0.0306. The van der Waals surface area contributed by atoms with Crippen molar-refractivity contribution in [2.75, 3.05) is 13.7 Å². The van der Waals surface area contributed by atoms with E-state index in [2.05, 4.69) is 33.4 Å². The summed E-state index contributed by atoms with van der Waals surface area (Å²) in [5, 5.41) is 12.0. The third-order valence-electron chi connectivity index (χ3n) is 3.39. The normalized spacial score (nSPS) is 13.7. The van der Waals surface area contributed by atoms with Crippen LogP contribution in [-0.4, -0.2) is 41.8 Å². The van der Waals surface area contributed by atoms with E-state index in [1.54, 1.807) is 7.05 Å². The minimum Gasteiger partial charge on any atom is -0.394 e. The number of rotatable bonds is 6. The SMILES string of the molecule is C[C@H](CO)N(C)C(=O)N[C@@H](C)CCc1ccc(Br)cc1. The van der Waals surface area contributed by atoms with E-state index in [1.807, 2.05) is 26.0 Å². The Morgan fingerprint density at radius 1 is 1.35 bits per heavy atom. The first kappa shape index (κ1) is 17.0. The molecule has 0 spiro atoms. The maximum atomic E-state index is 11.9. The molecular weight excluding hydrogens is 320 g/mol. The molecule has 0 aromatic heterocycles. The van der Waals surface area contributed by atoms with Gasteiger partial charge in [-0.05, 0) is 44.4 Å². The summed E-state index contributed by atoms with van der Waals surface area (Å²) in [5.74, 6) is 0. The van der Waals surface area contributed by atoms with E-state index >= 15 is 0 Å².